The van der Waals surface area contributed by atoms with Gasteiger partial charge in [0.1, 0.15) is 0 Å². The van der Waals surface area contributed by atoms with Gasteiger partial charge in [0.25, 0.3) is 0 Å². The molecular weight excluding hydrogens is 212 g/mol. The number of aliphatic hydroxyl groups is 1. The molecule has 3 heteroatoms. The minimum Gasteiger partial charge on any atom is -0.396 e. The second kappa shape index (κ2) is 9.02. The molecule has 0 fully saturated rings. The molecule has 0 spiro atoms. The standard InChI is InChI=1S/C14H24N2O/c15-10-7-12-16(11-5-2-6-13-17)14-8-3-1-4-9-14/h1,3-4,8-9,17H,2,5-7,10-13,15H2. The number of nitrogens with two attached hydrogens (primary N) is 1. The minimum absolute atomic E-state index is 0.300. The third kappa shape index (κ3) is 5.71. The average molecular weight is 236 g/mol. The lowest BCUT2D eigenvalue weighted by molar-refractivity contribution is 0.283. The van der Waals surface area contributed by atoms with Crippen molar-refractivity contribution in [3.8, 4) is 0 Å². The Hall–Kier alpha value is -1.06. The molecular formula is C14H24N2O. The Morgan fingerprint density at radius 3 is 2.29 bits per heavy atom. The lowest BCUT2D eigenvalue weighted by Gasteiger charge is -2.24. The zero-order valence-corrected chi connectivity index (χ0v) is 10.5. The van der Waals surface area contributed by atoms with E-state index in [9.17, 15) is 0 Å². The van der Waals surface area contributed by atoms with Gasteiger partial charge in [0.2, 0.25) is 0 Å². The van der Waals surface area contributed by atoms with Gasteiger partial charge in [0, 0.05) is 25.4 Å². The van der Waals surface area contributed by atoms with Crippen molar-refractivity contribution in [2.45, 2.75) is 25.7 Å². The normalized spacial score (nSPS) is 10.5. The number of anilines is 1. The Bertz CT molecular complexity index is 277. The molecule has 0 saturated carbocycles. The fraction of sp³-hybridized carbons (Fsp3) is 0.571. The van der Waals surface area contributed by atoms with Crippen LogP contribution in [0.2, 0.25) is 0 Å². The average Bonchev–Trinajstić information content (AvgIpc) is 2.39. The fourth-order valence-corrected chi connectivity index (χ4v) is 1.88. The van der Waals surface area contributed by atoms with Crippen LogP contribution in [0, 0.1) is 0 Å². The molecule has 0 aliphatic heterocycles. The summed E-state index contributed by atoms with van der Waals surface area (Å²) in [6.07, 6.45) is 4.14. The van der Waals surface area contributed by atoms with Gasteiger partial charge >= 0.3 is 0 Å². The highest BCUT2D eigenvalue weighted by Crippen LogP contribution is 2.14. The summed E-state index contributed by atoms with van der Waals surface area (Å²) < 4.78 is 0. The van der Waals surface area contributed by atoms with Crippen molar-refractivity contribution >= 4 is 5.69 Å². The summed E-state index contributed by atoms with van der Waals surface area (Å²) >= 11 is 0. The van der Waals surface area contributed by atoms with Crippen LogP contribution in [-0.4, -0.2) is 31.3 Å². The topological polar surface area (TPSA) is 49.5 Å². The lowest BCUT2D eigenvalue weighted by atomic mass is 10.2. The molecule has 0 aromatic heterocycles. The van der Waals surface area contributed by atoms with Gasteiger partial charge in [-0.15, -0.1) is 0 Å². The van der Waals surface area contributed by atoms with E-state index in [1.54, 1.807) is 0 Å². The van der Waals surface area contributed by atoms with Crippen molar-refractivity contribution < 1.29 is 5.11 Å². The van der Waals surface area contributed by atoms with Crippen LogP contribution in [0.4, 0.5) is 5.69 Å². The second-order valence-electron chi connectivity index (χ2n) is 4.25. The molecule has 0 bridgehead atoms. The molecule has 0 saturated heterocycles. The van der Waals surface area contributed by atoms with Crippen LogP contribution in [0.5, 0.6) is 0 Å². The number of rotatable bonds is 9. The first kappa shape index (κ1) is 14.0. The number of benzene rings is 1. The van der Waals surface area contributed by atoms with Crippen molar-refractivity contribution in [1.29, 1.82) is 0 Å². The SMILES string of the molecule is NCCCN(CCCCCO)c1ccccc1. The van der Waals surface area contributed by atoms with E-state index in [0.29, 0.717) is 6.61 Å². The second-order valence-corrected chi connectivity index (χ2v) is 4.25. The molecule has 1 aromatic rings. The highest BCUT2D eigenvalue weighted by Gasteiger charge is 2.04. The zero-order chi connectivity index (χ0) is 12.3. The summed E-state index contributed by atoms with van der Waals surface area (Å²) in [5.74, 6) is 0. The van der Waals surface area contributed by atoms with Crippen molar-refractivity contribution in [3.63, 3.8) is 0 Å². The summed E-state index contributed by atoms with van der Waals surface area (Å²) in [4.78, 5) is 2.38. The van der Waals surface area contributed by atoms with Crippen molar-refractivity contribution in [3.05, 3.63) is 30.3 Å². The first-order chi connectivity index (χ1) is 8.38. The van der Waals surface area contributed by atoms with Gasteiger partial charge in [-0.1, -0.05) is 18.2 Å². The van der Waals surface area contributed by atoms with Crippen LogP contribution in [0.1, 0.15) is 25.7 Å². The van der Waals surface area contributed by atoms with Gasteiger partial charge in [-0.05, 0) is 44.4 Å². The van der Waals surface area contributed by atoms with Gasteiger partial charge in [-0.3, -0.25) is 0 Å². The number of aliphatic hydroxyl groups excluding tert-OH is 1. The summed E-state index contributed by atoms with van der Waals surface area (Å²) in [5.41, 5.74) is 6.84. The first-order valence-corrected chi connectivity index (χ1v) is 6.49. The highest BCUT2D eigenvalue weighted by atomic mass is 16.2. The Morgan fingerprint density at radius 2 is 1.65 bits per heavy atom. The maximum atomic E-state index is 8.76. The maximum absolute atomic E-state index is 8.76. The van der Waals surface area contributed by atoms with E-state index in [2.05, 4.69) is 29.2 Å². The monoisotopic (exact) mass is 236 g/mol. The van der Waals surface area contributed by atoms with Crippen LogP contribution in [-0.2, 0) is 0 Å². The quantitative estimate of drug-likeness (QED) is 0.645. The lowest BCUT2D eigenvalue weighted by Crippen LogP contribution is -2.27. The molecule has 0 unspecified atom stereocenters. The molecule has 0 aliphatic carbocycles. The Kier molecular flexibility index (Phi) is 7.43. The van der Waals surface area contributed by atoms with E-state index in [4.69, 9.17) is 10.8 Å². The smallest absolute Gasteiger partial charge is 0.0431 e. The summed E-state index contributed by atoms with van der Waals surface area (Å²) in [5, 5.41) is 8.76. The van der Waals surface area contributed by atoms with Crippen molar-refractivity contribution in [2.24, 2.45) is 5.73 Å². The maximum Gasteiger partial charge on any atom is 0.0431 e. The third-order valence-electron chi connectivity index (χ3n) is 2.84. The molecule has 0 atom stereocenters. The number of unbranched alkanes of at least 4 members (excludes halogenated alkanes) is 2. The van der Waals surface area contributed by atoms with E-state index in [1.165, 1.54) is 5.69 Å². The molecule has 1 rings (SSSR count). The first-order valence-electron chi connectivity index (χ1n) is 6.49. The fourth-order valence-electron chi connectivity index (χ4n) is 1.88. The van der Waals surface area contributed by atoms with Crippen LogP contribution < -0.4 is 10.6 Å². The van der Waals surface area contributed by atoms with Crippen LogP contribution in [0.3, 0.4) is 0 Å². The highest BCUT2D eigenvalue weighted by molar-refractivity contribution is 5.45. The van der Waals surface area contributed by atoms with Gasteiger partial charge in [0.05, 0.1) is 0 Å². The summed E-state index contributed by atoms with van der Waals surface area (Å²) in [6, 6.07) is 10.5. The summed E-state index contributed by atoms with van der Waals surface area (Å²) in [7, 11) is 0. The van der Waals surface area contributed by atoms with E-state index in [0.717, 1.165) is 45.3 Å². The zero-order valence-electron chi connectivity index (χ0n) is 10.5. The molecule has 1 aromatic carbocycles. The molecule has 96 valence electrons. The van der Waals surface area contributed by atoms with E-state index in [1.807, 2.05) is 6.07 Å². The predicted octanol–water partition coefficient (Wildman–Crippen LogP) is 2.00. The molecule has 3 N–H and O–H groups in total. The third-order valence-corrected chi connectivity index (χ3v) is 2.84. The number of hydrogen-bond donors (Lipinski definition) is 2. The van der Waals surface area contributed by atoms with Gasteiger partial charge in [-0.2, -0.15) is 0 Å². The van der Waals surface area contributed by atoms with Crippen LogP contribution in [0.25, 0.3) is 0 Å². The molecule has 0 amide bonds. The predicted molar refractivity (Wildman–Crippen MR) is 73.3 cm³/mol. The van der Waals surface area contributed by atoms with Gasteiger partial charge < -0.3 is 15.7 Å². The summed E-state index contributed by atoms with van der Waals surface area (Å²) in [6.45, 7) is 3.10. The molecule has 3 nitrogen and oxygen atoms in total. The van der Waals surface area contributed by atoms with Gasteiger partial charge in [-0.25, -0.2) is 0 Å². The largest absolute Gasteiger partial charge is 0.396 e. The molecule has 17 heavy (non-hydrogen) atoms. The van der Waals surface area contributed by atoms with Crippen molar-refractivity contribution in [1.82, 2.24) is 0 Å². The number of hydrogen-bond acceptors (Lipinski definition) is 3. The number of para-hydroxylation sites is 1. The molecule has 0 radical (unpaired) electrons. The molecule has 0 heterocycles. The Balaban J connectivity index is 2.43. The molecule has 0 aliphatic rings. The Morgan fingerprint density at radius 1 is 0.941 bits per heavy atom. The minimum atomic E-state index is 0.300. The van der Waals surface area contributed by atoms with E-state index in [-0.39, 0.29) is 0 Å². The number of nitrogens with zero attached hydrogens (tertiary/aromatic N) is 1. The Labute approximate surface area is 104 Å². The van der Waals surface area contributed by atoms with E-state index < -0.39 is 0 Å². The van der Waals surface area contributed by atoms with Crippen LogP contribution in [0.15, 0.2) is 30.3 Å². The van der Waals surface area contributed by atoms with Crippen LogP contribution >= 0.6 is 0 Å². The van der Waals surface area contributed by atoms with Gasteiger partial charge in [0.15, 0.2) is 0 Å². The van der Waals surface area contributed by atoms with Crippen molar-refractivity contribution in [2.75, 3.05) is 31.1 Å². The van der Waals surface area contributed by atoms with E-state index >= 15 is 0 Å².